The number of hydrogen-bond donors (Lipinski definition) is 0. The average molecular weight is 997 g/mol. The summed E-state index contributed by atoms with van der Waals surface area (Å²) >= 11 is 0. The summed E-state index contributed by atoms with van der Waals surface area (Å²) in [6.45, 7) is 9.48. The van der Waals surface area contributed by atoms with E-state index in [-0.39, 0.29) is 60.6 Å². The molecule has 0 atom stereocenters. The fraction of sp³-hybridized carbons (Fsp3) is 0.0952. The minimum atomic E-state index is -0.261. The zero-order valence-corrected chi connectivity index (χ0v) is 32.6. The van der Waals surface area contributed by atoms with Gasteiger partial charge in [0.1, 0.15) is 10.6 Å². The fourth-order valence-electron chi connectivity index (χ4n) is 5.67. The van der Waals surface area contributed by atoms with Crippen LogP contribution in [0.2, 0.25) is 0 Å². The summed E-state index contributed by atoms with van der Waals surface area (Å²) in [5, 5.41) is 12.6. The minimum Gasteiger partial charge on any atom is -0.366 e. The molecule has 0 fully saturated rings. The Morgan fingerprint density at radius 1 is 0.391 bits per heavy atom. The first-order chi connectivity index (χ1) is 21.4. The summed E-state index contributed by atoms with van der Waals surface area (Å²) in [7, 11) is -0.522. The molecule has 0 aliphatic heterocycles. The standard InChI is InChI=1S/2C16H9.C10H16P2.2Au/c2*1-2-12-11-13-7-3-4-9-15(13)16-10-6-5-8-14(12)16;1-11(2)9-7-5-6-8-10(9)12(3)4;;/h2*3-11H;5-8H,1-4H3;;/q2*-1;;2*+1/p+2. The second-order valence-corrected chi connectivity index (χ2v) is 16.3. The van der Waals surface area contributed by atoms with Gasteiger partial charge in [0.05, 0.1) is 26.7 Å². The van der Waals surface area contributed by atoms with Gasteiger partial charge in [-0.1, -0.05) is 120 Å². The van der Waals surface area contributed by atoms with Gasteiger partial charge in [-0.05, 0) is 44.5 Å². The Balaban J connectivity index is 0.000000186. The Morgan fingerprint density at radius 2 is 0.674 bits per heavy atom. The van der Waals surface area contributed by atoms with Gasteiger partial charge in [-0.2, -0.15) is 0 Å². The molecule has 0 aliphatic rings. The maximum absolute atomic E-state index is 7.35. The van der Waals surface area contributed by atoms with Gasteiger partial charge in [-0.25, -0.2) is 0 Å². The molecule has 0 radical (unpaired) electrons. The molecule has 7 aromatic carbocycles. The molecule has 0 unspecified atom stereocenters. The Kier molecular flexibility index (Phi) is 14.5. The molecule has 46 heavy (non-hydrogen) atoms. The van der Waals surface area contributed by atoms with E-state index in [1.54, 1.807) is 10.6 Å². The maximum atomic E-state index is 7.35. The molecule has 0 aromatic heterocycles. The Labute approximate surface area is 307 Å². The fourth-order valence-corrected chi connectivity index (χ4v) is 9.27. The molecule has 234 valence electrons. The molecule has 0 aliphatic carbocycles. The van der Waals surface area contributed by atoms with Gasteiger partial charge in [0, 0.05) is 15.8 Å². The third kappa shape index (κ3) is 8.49. The minimum absolute atomic E-state index is 0. The molecule has 7 aromatic rings. The van der Waals surface area contributed by atoms with E-state index in [9.17, 15) is 0 Å². The van der Waals surface area contributed by atoms with Gasteiger partial charge in [0.15, 0.2) is 0 Å². The zero-order chi connectivity index (χ0) is 31.1. The van der Waals surface area contributed by atoms with Crippen molar-refractivity contribution in [2.24, 2.45) is 0 Å². The summed E-state index contributed by atoms with van der Waals surface area (Å²) in [5.41, 5.74) is 1.71. The first kappa shape index (κ1) is 37.5. The molecule has 7 rings (SSSR count). The molecular formula is C42H36Au2P2+2. The predicted octanol–water partition coefficient (Wildman–Crippen LogP) is 9.74. The van der Waals surface area contributed by atoms with Gasteiger partial charge < -0.3 is 12.8 Å². The van der Waals surface area contributed by atoms with E-state index in [2.05, 4.69) is 99.2 Å². The smallest absolute Gasteiger partial charge is 0.366 e. The van der Waals surface area contributed by atoms with Crippen LogP contribution in [0.25, 0.3) is 43.1 Å². The van der Waals surface area contributed by atoms with Crippen molar-refractivity contribution in [2.75, 3.05) is 26.7 Å². The van der Waals surface area contributed by atoms with Crippen molar-refractivity contribution in [3.8, 4) is 11.8 Å². The van der Waals surface area contributed by atoms with E-state index in [0.717, 1.165) is 32.7 Å². The van der Waals surface area contributed by atoms with Crippen molar-refractivity contribution in [1.29, 1.82) is 0 Å². The normalized spacial score (nSPS) is 10.2. The Morgan fingerprint density at radius 3 is 1.00 bits per heavy atom. The van der Waals surface area contributed by atoms with Crippen LogP contribution in [-0.2, 0) is 44.8 Å². The van der Waals surface area contributed by atoms with Crippen molar-refractivity contribution < 1.29 is 44.8 Å². The molecular weight excluding hydrogens is 960 g/mol. The second kappa shape index (κ2) is 17.8. The van der Waals surface area contributed by atoms with Crippen molar-refractivity contribution in [2.45, 2.75) is 0 Å². The first-order valence-corrected chi connectivity index (χ1v) is 19.8. The third-order valence-corrected chi connectivity index (χ3v) is 11.1. The van der Waals surface area contributed by atoms with Crippen LogP contribution in [-0.4, -0.2) is 26.7 Å². The van der Waals surface area contributed by atoms with Crippen molar-refractivity contribution >= 4 is 69.5 Å². The quantitative estimate of drug-likeness (QED) is 0.0533. The molecule has 4 heteroatoms. The first-order valence-electron chi connectivity index (χ1n) is 14.8. The number of hydrogen-bond acceptors (Lipinski definition) is 0. The SMILES string of the molecule is C[PH+](C)c1ccccc1[PH+](C)C.[Au+].[Au+].[C-]#Cc1cc2ccccc2c2ccccc12.[C-]#Cc1cc2ccccc2c2ccccc12. The van der Waals surface area contributed by atoms with Crippen LogP contribution >= 0.6 is 15.8 Å². The average Bonchev–Trinajstić information content (AvgIpc) is 3.08. The molecule has 0 spiro atoms. The van der Waals surface area contributed by atoms with E-state index < -0.39 is 0 Å². The van der Waals surface area contributed by atoms with Crippen LogP contribution in [0.4, 0.5) is 0 Å². The Bertz CT molecular complexity index is 2010. The van der Waals surface area contributed by atoms with Crippen LogP contribution in [0, 0.1) is 24.7 Å². The van der Waals surface area contributed by atoms with E-state index >= 15 is 0 Å². The van der Waals surface area contributed by atoms with Crippen molar-refractivity contribution in [3.05, 3.63) is 157 Å². The van der Waals surface area contributed by atoms with Crippen LogP contribution in [0.5, 0.6) is 0 Å². The van der Waals surface area contributed by atoms with E-state index in [1.165, 1.54) is 21.5 Å². The van der Waals surface area contributed by atoms with Gasteiger partial charge >= 0.3 is 44.8 Å². The molecule has 0 saturated heterocycles. The Hall–Kier alpha value is -2.96. The van der Waals surface area contributed by atoms with Gasteiger partial charge in [0.2, 0.25) is 0 Å². The molecule has 0 saturated carbocycles. The summed E-state index contributed by atoms with van der Waals surface area (Å²) in [6, 6.07) is 45.8. The number of benzene rings is 7. The zero-order valence-electron chi connectivity index (χ0n) is 26.3. The molecule has 0 N–H and O–H groups in total. The molecule has 0 amide bonds. The largest absolute Gasteiger partial charge is 1.00 e. The number of fused-ring (bicyclic) bond motifs is 6. The van der Waals surface area contributed by atoms with Crippen LogP contribution in [0.1, 0.15) is 11.1 Å². The summed E-state index contributed by atoms with van der Waals surface area (Å²) < 4.78 is 0. The van der Waals surface area contributed by atoms with Gasteiger partial charge in [-0.15, -0.1) is 23.3 Å². The van der Waals surface area contributed by atoms with Crippen molar-refractivity contribution in [3.63, 3.8) is 0 Å². The topological polar surface area (TPSA) is 0 Å². The van der Waals surface area contributed by atoms with Crippen molar-refractivity contribution in [1.82, 2.24) is 0 Å². The van der Waals surface area contributed by atoms with Gasteiger partial charge in [0.25, 0.3) is 0 Å². The number of rotatable bonds is 2. The van der Waals surface area contributed by atoms with Crippen LogP contribution in [0.3, 0.4) is 0 Å². The molecule has 0 nitrogen and oxygen atoms in total. The summed E-state index contributed by atoms with van der Waals surface area (Å²) in [4.78, 5) is 0. The van der Waals surface area contributed by atoms with Gasteiger partial charge in [-0.3, -0.25) is 11.8 Å². The molecule has 0 heterocycles. The third-order valence-electron chi connectivity index (χ3n) is 7.81. The predicted molar refractivity (Wildman–Crippen MR) is 201 cm³/mol. The monoisotopic (exact) mass is 996 g/mol. The summed E-state index contributed by atoms with van der Waals surface area (Å²) in [5.74, 6) is 5.02. The van der Waals surface area contributed by atoms with Crippen LogP contribution in [0.15, 0.2) is 133 Å². The summed E-state index contributed by atoms with van der Waals surface area (Å²) in [6.07, 6.45) is 14.7. The van der Waals surface area contributed by atoms with E-state index in [0.29, 0.717) is 0 Å². The maximum Gasteiger partial charge on any atom is 1.00 e. The van der Waals surface area contributed by atoms with E-state index in [1.807, 2.05) is 72.8 Å². The van der Waals surface area contributed by atoms with Crippen LogP contribution < -0.4 is 10.6 Å². The molecule has 0 bridgehead atoms. The second-order valence-electron chi connectivity index (χ2n) is 11.2. The van der Waals surface area contributed by atoms with E-state index in [4.69, 9.17) is 12.8 Å².